The summed E-state index contributed by atoms with van der Waals surface area (Å²) in [6.45, 7) is 0. The zero-order valence-corrected chi connectivity index (χ0v) is 10.7. The molecule has 6 heteroatoms. The lowest BCUT2D eigenvalue weighted by Crippen LogP contribution is -2.17. The third kappa shape index (κ3) is 3.38. The maximum absolute atomic E-state index is 13.0. The van der Waals surface area contributed by atoms with Gasteiger partial charge in [-0.15, -0.1) is 11.3 Å². The maximum Gasteiger partial charge on any atom is 0.251 e. The molecule has 0 saturated heterocycles. The highest BCUT2D eigenvalue weighted by Gasteiger charge is 2.12. The van der Waals surface area contributed by atoms with E-state index >= 15 is 0 Å². The molecule has 0 unspecified atom stereocenters. The molecule has 0 aliphatic heterocycles. The van der Waals surface area contributed by atoms with Crippen LogP contribution in [0, 0.1) is 5.82 Å². The normalized spacial score (nSPS) is 10.2. The van der Waals surface area contributed by atoms with E-state index < -0.39 is 5.91 Å². The minimum absolute atomic E-state index is 0.0356. The summed E-state index contributed by atoms with van der Waals surface area (Å²) in [7, 11) is 0. The van der Waals surface area contributed by atoms with Crippen LogP contribution in [0.3, 0.4) is 0 Å². The van der Waals surface area contributed by atoms with Crippen LogP contribution in [0.5, 0.6) is 0 Å². The highest BCUT2D eigenvalue weighted by atomic mass is 32.1. The molecule has 0 spiro atoms. The number of anilines is 1. The first-order valence-corrected chi connectivity index (χ1v) is 6.36. The molecule has 0 bridgehead atoms. The third-order valence-electron chi connectivity index (χ3n) is 2.44. The van der Waals surface area contributed by atoms with Crippen LogP contribution in [0.15, 0.2) is 35.7 Å². The second-order valence-corrected chi connectivity index (χ2v) is 4.80. The molecule has 0 saturated carbocycles. The summed E-state index contributed by atoms with van der Waals surface area (Å²) in [6, 6.07) is 7.35. The molecule has 3 N–H and O–H groups in total. The van der Waals surface area contributed by atoms with Crippen molar-refractivity contribution in [2.45, 2.75) is 6.42 Å². The van der Waals surface area contributed by atoms with Crippen LogP contribution in [0.2, 0.25) is 0 Å². The van der Waals surface area contributed by atoms with Gasteiger partial charge >= 0.3 is 0 Å². The van der Waals surface area contributed by atoms with Crippen molar-refractivity contribution in [1.82, 2.24) is 0 Å². The lowest BCUT2D eigenvalue weighted by atomic mass is 10.1. The predicted octanol–water partition coefficient (Wildman–Crippen LogP) is 2.17. The number of nitrogens with one attached hydrogen (secondary N) is 1. The molecule has 1 heterocycles. The molecule has 4 nitrogen and oxygen atoms in total. The molecule has 0 aliphatic rings. The SMILES string of the molecule is NC(=O)c1ccsc1NC(=O)Cc1cccc(F)c1. The smallest absolute Gasteiger partial charge is 0.251 e. The fourth-order valence-electron chi connectivity index (χ4n) is 1.60. The van der Waals surface area contributed by atoms with E-state index in [0.717, 1.165) is 0 Å². The summed E-state index contributed by atoms with van der Waals surface area (Å²) in [4.78, 5) is 22.9. The average molecular weight is 278 g/mol. The summed E-state index contributed by atoms with van der Waals surface area (Å²) in [6.07, 6.45) is 0.0356. The summed E-state index contributed by atoms with van der Waals surface area (Å²) >= 11 is 1.21. The second kappa shape index (κ2) is 5.62. The van der Waals surface area contributed by atoms with Gasteiger partial charge in [-0.3, -0.25) is 9.59 Å². The van der Waals surface area contributed by atoms with Crippen molar-refractivity contribution in [2.24, 2.45) is 5.73 Å². The Kier molecular flexibility index (Phi) is 3.91. The Hall–Kier alpha value is -2.21. The minimum atomic E-state index is -0.595. The molecule has 2 aromatic rings. The Morgan fingerprint density at radius 1 is 1.32 bits per heavy atom. The largest absolute Gasteiger partial charge is 0.366 e. The Morgan fingerprint density at radius 3 is 2.79 bits per heavy atom. The number of benzene rings is 1. The number of hydrogen-bond acceptors (Lipinski definition) is 3. The lowest BCUT2D eigenvalue weighted by Gasteiger charge is -2.04. The van der Waals surface area contributed by atoms with Gasteiger partial charge in [-0.25, -0.2) is 4.39 Å². The van der Waals surface area contributed by atoms with Crippen molar-refractivity contribution in [3.8, 4) is 0 Å². The first kappa shape index (κ1) is 13.2. The van der Waals surface area contributed by atoms with E-state index in [0.29, 0.717) is 10.6 Å². The average Bonchev–Trinajstić information content (AvgIpc) is 2.76. The summed E-state index contributed by atoms with van der Waals surface area (Å²) in [5.41, 5.74) is 6.01. The van der Waals surface area contributed by atoms with E-state index in [-0.39, 0.29) is 23.7 Å². The van der Waals surface area contributed by atoms with Gasteiger partial charge in [-0.05, 0) is 29.1 Å². The Labute approximate surface area is 113 Å². The van der Waals surface area contributed by atoms with Gasteiger partial charge in [-0.2, -0.15) is 0 Å². The quantitative estimate of drug-likeness (QED) is 0.899. The van der Waals surface area contributed by atoms with Gasteiger partial charge in [0.25, 0.3) is 5.91 Å². The molecular weight excluding hydrogens is 267 g/mol. The number of amides is 2. The molecule has 19 heavy (non-hydrogen) atoms. The molecule has 0 fully saturated rings. The van der Waals surface area contributed by atoms with Crippen LogP contribution >= 0.6 is 11.3 Å². The van der Waals surface area contributed by atoms with Gasteiger partial charge in [0.2, 0.25) is 5.91 Å². The molecule has 98 valence electrons. The van der Waals surface area contributed by atoms with Gasteiger partial charge in [0.05, 0.1) is 12.0 Å². The van der Waals surface area contributed by atoms with Crippen LogP contribution in [0.25, 0.3) is 0 Å². The Balaban J connectivity index is 2.05. The summed E-state index contributed by atoms with van der Waals surface area (Å²) in [5, 5.41) is 4.67. The molecule has 0 radical (unpaired) electrons. The van der Waals surface area contributed by atoms with Gasteiger partial charge in [0.15, 0.2) is 0 Å². The fraction of sp³-hybridized carbons (Fsp3) is 0.0769. The second-order valence-electron chi connectivity index (χ2n) is 3.88. The van der Waals surface area contributed by atoms with E-state index in [2.05, 4.69) is 5.32 Å². The number of carbonyl (C=O) groups is 2. The number of primary amides is 1. The first-order valence-electron chi connectivity index (χ1n) is 5.48. The topological polar surface area (TPSA) is 72.2 Å². The predicted molar refractivity (Wildman–Crippen MR) is 71.6 cm³/mol. The third-order valence-corrected chi connectivity index (χ3v) is 3.27. The number of carbonyl (C=O) groups excluding carboxylic acids is 2. The van der Waals surface area contributed by atoms with Crippen LogP contribution in [0.4, 0.5) is 9.39 Å². The van der Waals surface area contributed by atoms with Gasteiger partial charge in [0.1, 0.15) is 10.8 Å². The van der Waals surface area contributed by atoms with Crippen LogP contribution in [0.1, 0.15) is 15.9 Å². The maximum atomic E-state index is 13.0. The Morgan fingerprint density at radius 2 is 2.11 bits per heavy atom. The van der Waals surface area contributed by atoms with Crippen molar-refractivity contribution in [3.05, 3.63) is 52.7 Å². The number of halogens is 1. The first-order chi connectivity index (χ1) is 9.06. The van der Waals surface area contributed by atoms with Crippen molar-refractivity contribution >= 4 is 28.2 Å². The van der Waals surface area contributed by atoms with Crippen molar-refractivity contribution < 1.29 is 14.0 Å². The zero-order chi connectivity index (χ0) is 13.8. The highest BCUT2D eigenvalue weighted by Crippen LogP contribution is 2.22. The number of rotatable bonds is 4. The van der Waals surface area contributed by atoms with E-state index in [1.807, 2.05) is 0 Å². The van der Waals surface area contributed by atoms with Crippen LogP contribution < -0.4 is 11.1 Å². The Bertz CT molecular complexity index is 625. The van der Waals surface area contributed by atoms with Gasteiger partial charge < -0.3 is 11.1 Å². The molecular formula is C13H11FN2O2S. The van der Waals surface area contributed by atoms with E-state index in [1.165, 1.54) is 29.5 Å². The van der Waals surface area contributed by atoms with Gasteiger partial charge in [0, 0.05) is 0 Å². The lowest BCUT2D eigenvalue weighted by molar-refractivity contribution is -0.115. The number of nitrogens with two attached hydrogens (primary N) is 1. The zero-order valence-electron chi connectivity index (χ0n) is 9.85. The van der Waals surface area contributed by atoms with Crippen LogP contribution in [-0.2, 0) is 11.2 Å². The minimum Gasteiger partial charge on any atom is -0.366 e. The fourth-order valence-corrected chi connectivity index (χ4v) is 2.41. The molecule has 2 amide bonds. The number of hydrogen-bond donors (Lipinski definition) is 2. The van der Waals surface area contributed by atoms with E-state index in [4.69, 9.17) is 5.73 Å². The molecule has 0 atom stereocenters. The van der Waals surface area contributed by atoms with Crippen LogP contribution in [-0.4, -0.2) is 11.8 Å². The molecule has 1 aromatic heterocycles. The molecule has 1 aromatic carbocycles. The molecule has 0 aliphatic carbocycles. The summed E-state index contributed by atoms with van der Waals surface area (Å²) < 4.78 is 13.0. The highest BCUT2D eigenvalue weighted by molar-refractivity contribution is 7.14. The van der Waals surface area contributed by atoms with E-state index in [1.54, 1.807) is 17.5 Å². The molecule has 2 rings (SSSR count). The van der Waals surface area contributed by atoms with Crippen molar-refractivity contribution in [1.29, 1.82) is 0 Å². The van der Waals surface area contributed by atoms with Crippen molar-refractivity contribution in [3.63, 3.8) is 0 Å². The van der Waals surface area contributed by atoms with Gasteiger partial charge in [-0.1, -0.05) is 12.1 Å². The summed E-state index contributed by atoms with van der Waals surface area (Å²) in [5.74, 6) is -1.31. The van der Waals surface area contributed by atoms with E-state index in [9.17, 15) is 14.0 Å². The van der Waals surface area contributed by atoms with Crippen molar-refractivity contribution in [2.75, 3.05) is 5.32 Å². The number of thiophene rings is 1. The monoisotopic (exact) mass is 278 g/mol. The standard InChI is InChI=1S/C13H11FN2O2S/c14-9-3-1-2-8(6-9)7-11(17)16-13-10(12(15)18)4-5-19-13/h1-6H,7H2,(H2,15,18)(H,16,17).